The fourth-order valence-electron chi connectivity index (χ4n) is 1.68. The second-order valence-electron chi connectivity index (χ2n) is 4.30. The van der Waals surface area contributed by atoms with Crippen LogP contribution in [-0.2, 0) is 11.3 Å². The highest BCUT2D eigenvalue weighted by molar-refractivity contribution is 7.99. The minimum Gasteiger partial charge on any atom is -0.325 e. The maximum absolute atomic E-state index is 12.0. The van der Waals surface area contributed by atoms with Gasteiger partial charge in [-0.3, -0.25) is 4.79 Å². The molecule has 1 heterocycles. The fraction of sp³-hybridized carbons (Fsp3) is 0.214. The van der Waals surface area contributed by atoms with E-state index in [1.807, 2.05) is 17.6 Å². The van der Waals surface area contributed by atoms with E-state index >= 15 is 0 Å². The van der Waals surface area contributed by atoms with Gasteiger partial charge in [0, 0.05) is 17.3 Å². The molecule has 1 amide bonds. The highest BCUT2D eigenvalue weighted by Crippen LogP contribution is 2.23. The van der Waals surface area contributed by atoms with Crippen LogP contribution in [0.2, 0.25) is 5.02 Å². The average Bonchev–Trinajstić information content (AvgIpc) is 2.90. The van der Waals surface area contributed by atoms with Crippen LogP contribution >= 0.6 is 23.4 Å². The molecule has 2 rings (SSSR count). The number of nitrogens with one attached hydrogen (secondary N) is 1. The van der Waals surface area contributed by atoms with Crippen molar-refractivity contribution in [3.8, 4) is 0 Å². The highest BCUT2D eigenvalue weighted by atomic mass is 35.5. The quantitative estimate of drug-likeness (QED) is 0.655. The molecule has 1 aromatic heterocycles. The van der Waals surface area contributed by atoms with Gasteiger partial charge in [-0.15, -0.1) is 16.8 Å². The average molecular weight is 323 g/mol. The maximum atomic E-state index is 12.0. The van der Waals surface area contributed by atoms with Crippen LogP contribution in [0.25, 0.3) is 0 Å². The predicted molar refractivity (Wildman–Crippen MR) is 85.8 cm³/mol. The molecule has 110 valence electrons. The lowest BCUT2D eigenvalue weighted by Gasteiger charge is -2.09. The summed E-state index contributed by atoms with van der Waals surface area (Å²) in [5.74, 6) is 0.139. The van der Waals surface area contributed by atoms with E-state index in [-0.39, 0.29) is 11.7 Å². The zero-order valence-electron chi connectivity index (χ0n) is 11.5. The van der Waals surface area contributed by atoms with Crippen LogP contribution in [0.1, 0.15) is 5.56 Å². The Hall–Kier alpha value is -1.79. The van der Waals surface area contributed by atoms with E-state index in [9.17, 15) is 4.79 Å². The lowest BCUT2D eigenvalue weighted by molar-refractivity contribution is -0.113. The number of nitrogens with zero attached hydrogens (tertiary/aromatic N) is 3. The summed E-state index contributed by atoms with van der Waals surface area (Å²) in [5.41, 5.74) is 1.58. The van der Waals surface area contributed by atoms with Crippen molar-refractivity contribution in [1.29, 1.82) is 0 Å². The van der Waals surface area contributed by atoms with Gasteiger partial charge >= 0.3 is 0 Å². The van der Waals surface area contributed by atoms with Gasteiger partial charge in [-0.25, -0.2) is 0 Å². The van der Waals surface area contributed by atoms with Gasteiger partial charge in [-0.2, -0.15) is 0 Å². The van der Waals surface area contributed by atoms with E-state index in [1.54, 1.807) is 24.5 Å². The minimum atomic E-state index is -0.112. The number of anilines is 1. The molecule has 1 N–H and O–H groups in total. The first kappa shape index (κ1) is 15.6. The lowest BCUT2D eigenvalue weighted by Crippen LogP contribution is -2.15. The van der Waals surface area contributed by atoms with E-state index in [0.29, 0.717) is 16.7 Å². The highest BCUT2D eigenvalue weighted by Gasteiger charge is 2.10. The molecule has 0 saturated heterocycles. The van der Waals surface area contributed by atoms with Crippen LogP contribution < -0.4 is 5.32 Å². The molecule has 0 radical (unpaired) electrons. The number of carbonyl (C=O) groups excluding carboxylic acids is 1. The summed E-state index contributed by atoms with van der Waals surface area (Å²) in [6.45, 7) is 6.15. The number of rotatable bonds is 6. The van der Waals surface area contributed by atoms with Crippen molar-refractivity contribution in [1.82, 2.24) is 14.8 Å². The Morgan fingerprint density at radius 3 is 3.14 bits per heavy atom. The molecular formula is C14H15ClN4OS. The molecule has 5 nitrogen and oxygen atoms in total. The largest absolute Gasteiger partial charge is 0.325 e. The van der Waals surface area contributed by atoms with Gasteiger partial charge in [0.2, 0.25) is 5.91 Å². The normalized spacial score (nSPS) is 10.4. The SMILES string of the molecule is C=CCn1cnnc1SCC(=O)Nc1cccc(Cl)c1C. The predicted octanol–water partition coefficient (Wildman–Crippen LogP) is 3.16. The minimum absolute atomic E-state index is 0.112. The maximum Gasteiger partial charge on any atom is 0.234 e. The topological polar surface area (TPSA) is 59.8 Å². The Morgan fingerprint density at radius 1 is 1.57 bits per heavy atom. The third-order valence-corrected chi connectivity index (χ3v) is 4.17. The standard InChI is InChI=1S/C14H15ClN4OS/c1-3-7-19-9-16-18-14(19)21-8-13(20)17-12-6-4-5-11(15)10(12)2/h3-6,9H,1,7-8H2,2H3,(H,17,20). The molecule has 0 bridgehead atoms. The van der Waals surface area contributed by atoms with Gasteiger partial charge in [0.15, 0.2) is 5.16 Å². The number of allylic oxidation sites excluding steroid dienone is 1. The molecular weight excluding hydrogens is 308 g/mol. The second kappa shape index (κ2) is 7.28. The Morgan fingerprint density at radius 2 is 2.38 bits per heavy atom. The summed E-state index contributed by atoms with van der Waals surface area (Å²) in [6, 6.07) is 5.42. The number of carbonyl (C=O) groups is 1. The van der Waals surface area contributed by atoms with Gasteiger partial charge in [-0.05, 0) is 24.6 Å². The van der Waals surface area contributed by atoms with E-state index in [2.05, 4.69) is 22.1 Å². The van der Waals surface area contributed by atoms with Crippen LogP contribution in [0.15, 0.2) is 42.3 Å². The van der Waals surface area contributed by atoms with Gasteiger partial charge in [0.1, 0.15) is 6.33 Å². The molecule has 0 unspecified atom stereocenters. The van der Waals surface area contributed by atoms with E-state index in [1.165, 1.54) is 11.8 Å². The lowest BCUT2D eigenvalue weighted by atomic mass is 10.2. The van der Waals surface area contributed by atoms with Gasteiger partial charge in [0.25, 0.3) is 0 Å². The Labute approximate surface area is 132 Å². The fourth-order valence-corrected chi connectivity index (χ4v) is 2.58. The zero-order valence-corrected chi connectivity index (χ0v) is 13.1. The van der Waals surface area contributed by atoms with Gasteiger partial charge < -0.3 is 9.88 Å². The van der Waals surface area contributed by atoms with Crippen LogP contribution in [0.4, 0.5) is 5.69 Å². The van der Waals surface area contributed by atoms with E-state index in [0.717, 1.165) is 11.3 Å². The molecule has 0 aliphatic rings. The molecule has 0 atom stereocenters. The molecule has 21 heavy (non-hydrogen) atoms. The molecule has 7 heteroatoms. The van der Waals surface area contributed by atoms with Crippen LogP contribution in [-0.4, -0.2) is 26.4 Å². The third-order valence-electron chi connectivity index (χ3n) is 2.78. The summed E-state index contributed by atoms with van der Waals surface area (Å²) in [7, 11) is 0. The molecule has 0 fully saturated rings. The first-order valence-electron chi connectivity index (χ1n) is 6.28. The number of halogens is 1. The van der Waals surface area contributed by atoms with Crippen molar-refractivity contribution in [2.24, 2.45) is 0 Å². The Bertz CT molecular complexity index is 656. The first-order valence-corrected chi connectivity index (χ1v) is 7.64. The summed E-state index contributed by atoms with van der Waals surface area (Å²) in [6.07, 6.45) is 3.37. The summed E-state index contributed by atoms with van der Waals surface area (Å²) in [5, 5.41) is 12.0. The van der Waals surface area contributed by atoms with Crippen molar-refractivity contribution in [3.05, 3.63) is 47.8 Å². The number of hydrogen-bond donors (Lipinski definition) is 1. The Balaban J connectivity index is 1.94. The molecule has 0 aliphatic heterocycles. The molecule has 0 aliphatic carbocycles. The molecule has 0 spiro atoms. The van der Waals surface area contributed by atoms with Crippen molar-refractivity contribution in [2.75, 3.05) is 11.1 Å². The number of benzene rings is 1. The summed E-state index contributed by atoms with van der Waals surface area (Å²) in [4.78, 5) is 12.0. The number of amides is 1. The zero-order chi connectivity index (χ0) is 15.2. The van der Waals surface area contributed by atoms with Crippen LogP contribution in [0.5, 0.6) is 0 Å². The molecule has 1 aromatic carbocycles. The molecule has 2 aromatic rings. The summed E-state index contributed by atoms with van der Waals surface area (Å²) < 4.78 is 1.83. The van der Waals surface area contributed by atoms with E-state index < -0.39 is 0 Å². The van der Waals surface area contributed by atoms with Crippen LogP contribution in [0, 0.1) is 6.92 Å². The first-order chi connectivity index (χ1) is 10.1. The van der Waals surface area contributed by atoms with Crippen molar-refractivity contribution < 1.29 is 4.79 Å². The number of thioether (sulfide) groups is 1. The van der Waals surface area contributed by atoms with Gasteiger partial charge in [0.05, 0.1) is 5.75 Å². The number of hydrogen-bond acceptors (Lipinski definition) is 4. The number of aromatic nitrogens is 3. The van der Waals surface area contributed by atoms with Crippen LogP contribution in [0.3, 0.4) is 0 Å². The smallest absolute Gasteiger partial charge is 0.234 e. The summed E-state index contributed by atoms with van der Waals surface area (Å²) >= 11 is 7.35. The van der Waals surface area contributed by atoms with E-state index in [4.69, 9.17) is 11.6 Å². The van der Waals surface area contributed by atoms with Crippen molar-refractivity contribution in [3.63, 3.8) is 0 Å². The second-order valence-corrected chi connectivity index (χ2v) is 5.65. The monoisotopic (exact) mass is 322 g/mol. The Kier molecular flexibility index (Phi) is 5.41. The third kappa shape index (κ3) is 4.09. The van der Waals surface area contributed by atoms with Gasteiger partial charge in [-0.1, -0.05) is 35.5 Å². The molecule has 0 saturated carbocycles. The van der Waals surface area contributed by atoms with Crippen molar-refractivity contribution in [2.45, 2.75) is 18.6 Å². The van der Waals surface area contributed by atoms with Crippen molar-refractivity contribution >= 4 is 35.0 Å².